The standard InChI is InChI=1S/C59H41N/c1-5-18-42(19-6-1)50-40-41-51(54-27-14-13-26-53(50)54)43-32-36-48(37-33-43)60(47-24-11-4-12-25-47)49-38-34-44(35-39-49)52-29-17-31-57-58(52)55-28-15-16-30-56(55)59(57,45-20-7-2-8-21-45)46-22-9-3-10-23-46/h1-41H. The van der Waals surface area contributed by atoms with Crippen LogP contribution in [0.2, 0.25) is 0 Å². The van der Waals surface area contributed by atoms with Gasteiger partial charge in [-0.05, 0) is 114 Å². The molecule has 282 valence electrons. The quantitative estimate of drug-likeness (QED) is 0.149. The molecule has 10 aromatic carbocycles. The fourth-order valence-corrected chi connectivity index (χ4v) is 9.76. The van der Waals surface area contributed by atoms with Gasteiger partial charge in [-0.15, -0.1) is 0 Å². The summed E-state index contributed by atoms with van der Waals surface area (Å²) >= 11 is 0. The van der Waals surface area contributed by atoms with Gasteiger partial charge in [0.25, 0.3) is 0 Å². The van der Waals surface area contributed by atoms with Crippen molar-refractivity contribution in [3.05, 3.63) is 271 Å². The summed E-state index contributed by atoms with van der Waals surface area (Å²) in [5.74, 6) is 0. The normalized spacial score (nSPS) is 12.5. The van der Waals surface area contributed by atoms with Gasteiger partial charge in [0.05, 0.1) is 5.41 Å². The van der Waals surface area contributed by atoms with Crippen LogP contribution in [0.15, 0.2) is 249 Å². The Morgan fingerprint density at radius 3 is 1.22 bits per heavy atom. The van der Waals surface area contributed by atoms with Crippen LogP contribution in [-0.2, 0) is 5.41 Å². The van der Waals surface area contributed by atoms with Crippen molar-refractivity contribution >= 4 is 27.8 Å². The van der Waals surface area contributed by atoms with Crippen molar-refractivity contribution in [3.63, 3.8) is 0 Å². The highest BCUT2D eigenvalue weighted by molar-refractivity contribution is 6.05. The second-order valence-corrected chi connectivity index (χ2v) is 15.6. The molecule has 1 aliphatic carbocycles. The van der Waals surface area contributed by atoms with Crippen molar-refractivity contribution in [1.29, 1.82) is 0 Å². The monoisotopic (exact) mass is 763 g/mol. The maximum Gasteiger partial charge on any atom is 0.0713 e. The Bertz CT molecular complexity index is 3060. The summed E-state index contributed by atoms with van der Waals surface area (Å²) in [6, 6.07) is 90.7. The van der Waals surface area contributed by atoms with Crippen LogP contribution in [0.25, 0.3) is 55.3 Å². The molecule has 0 spiro atoms. The van der Waals surface area contributed by atoms with Crippen LogP contribution in [0, 0.1) is 0 Å². The first-order valence-electron chi connectivity index (χ1n) is 20.8. The van der Waals surface area contributed by atoms with E-state index in [9.17, 15) is 0 Å². The first-order valence-corrected chi connectivity index (χ1v) is 20.8. The van der Waals surface area contributed by atoms with Crippen LogP contribution < -0.4 is 4.90 Å². The van der Waals surface area contributed by atoms with Crippen molar-refractivity contribution in [2.24, 2.45) is 0 Å². The molecule has 60 heavy (non-hydrogen) atoms. The number of para-hydroxylation sites is 1. The molecule has 0 atom stereocenters. The summed E-state index contributed by atoms with van der Waals surface area (Å²) in [5, 5.41) is 2.51. The fourth-order valence-electron chi connectivity index (χ4n) is 9.76. The minimum absolute atomic E-state index is 0.434. The third-order valence-corrected chi connectivity index (χ3v) is 12.4. The fraction of sp³-hybridized carbons (Fsp3) is 0.0169. The number of nitrogens with zero attached hydrogens (tertiary/aromatic N) is 1. The number of benzene rings is 10. The molecule has 0 radical (unpaired) electrons. The van der Waals surface area contributed by atoms with E-state index < -0.39 is 5.41 Å². The van der Waals surface area contributed by atoms with Crippen molar-refractivity contribution in [2.45, 2.75) is 5.41 Å². The van der Waals surface area contributed by atoms with Crippen LogP contribution in [0.3, 0.4) is 0 Å². The van der Waals surface area contributed by atoms with Crippen molar-refractivity contribution in [2.75, 3.05) is 4.90 Å². The molecular weight excluding hydrogens is 723 g/mol. The van der Waals surface area contributed by atoms with Crippen LogP contribution in [-0.4, -0.2) is 0 Å². The molecule has 0 N–H and O–H groups in total. The summed E-state index contributed by atoms with van der Waals surface area (Å²) in [6.07, 6.45) is 0. The Morgan fingerprint density at radius 2 is 0.650 bits per heavy atom. The minimum atomic E-state index is -0.434. The van der Waals surface area contributed by atoms with Crippen LogP contribution in [0.1, 0.15) is 22.3 Å². The van der Waals surface area contributed by atoms with Gasteiger partial charge < -0.3 is 4.90 Å². The molecule has 0 aromatic heterocycles. The van der Waals surface area contributed by atoms with Gasteiger partial charge in [0.2, 0.25) is 0 Å². The molecule has 1 nitrogen and oxygen atoms in total. The van der Waals surface area contributed by atoms with E-state index in [1.807, 2.05) is 0 Å². The zero-order valence-corrected chi connectivity index (χ0v) is 33.1. The number of anilines is 3. The summed E-state index contributed by atoms with van der Waals surface area (Å²) in [7, 11) is 0. The molecule has 0 unspecified atom stereocenters. The molecule has 0 saturated carbocycles. The highest BCUT2D eigenvalue weighted by Gasteiger charge is 2.46. The van der Waals surface area contributed by atoms with E-state index in [0.29, 0.717) is 0 Å². The molecule has 0 bridgehead atoms. The van der Waals surface area contributed by atoms with E-state index in [1.165, 1.54) is 77.5 Å². The van der Waals surface area contributed by atoms with Crippen LogP contribution in [0.5, 0.6) is 0 Å². The summed E-state index contributed by atoms with van der Waals surface area (Å²) in [6.45, 7) is 0. The van der Waals surface area contributed by atoms with E-state index >= 15 is 0 Å². The molecule has 10 aromatic rings. The van der Waals surface area contributed by atoms with E-state index in [4.69, 9.17) is 0 Å². The lowest BCUT2D eigenvalue weighted by atomic mass is 9.67. The molecule has 1 heteroatoms. The molecular formula is C59H41N. The van der Waals surface area contributed by atoms with Crippen LogP contribution in [0.4, 0.5) is 17.1 Å². The predicted octanol–water partition coefficient (Wildman–Crippen LogP) is 15.7. The molecule has 0 amide bonds. The number of hydrogen-bond acceptors (Lipinski definition) is 1. The van der Waals surface area contributed by atoms with Crippen molar-refractivity contribution in [1.82, 2.24) is 0 Å². The van der Waals surface area contributed by atoms with E-state index in [1.54, 1.807) is 0 Å². The van der Waals surface area contributed by atoms with Gasteiger partial charge in [-0.1, -0.05) is 212 Å². The first-order chi connectivity index (χ1) is 29.8. The third-order valence-electron chi connectivity index (χ3n) is 12.4. The van der Waals surface area contributed by atoms with Gasteiger partial charge in [0.1, 0.15) is 0 Å². The van der Waals surface area contributed by atoms with Gasteiger partial charge in [-0.2, -0.15) is 0 Å². The smallest absolute Gasteiger partial charge is 0.0713 e. The van der Waals surface area contributed by atoms with E-state index in [-0.39, 0.29) is 0 Å². The van der Waals surface area contributed by atoms with E-state index in [0.717, 1.165) is 17.1 Å². The second kappa shape index (κ2) is 14.9. The number of fused-ring (bicyclic) bond motifs is 4. The zero-order chi connectivity index (χ0) is 39.9. The van der Waals surface area contributed by atoms with Gasteiger partial charge >= 0.3 is 0 Å². The highest BCUT2D eigenvalue weighted by atomic mass is 15.1. The average Bonchev–Trinajstić information content (AvgIpc) is 3.64. The predicted molar refractivity (Wildman–Crippen MR) is 252 cm³/mol. The van der Waals surface area contributed by atoms with Gasteiger partial charge in [0.15, 0.2) is 0 Å². The Balaban J connectivity index is 0.995. The van der Waals surface area contributed by atoms with E-state index in [2.05, 4.69) is 254 Å². The van der Waals surface area contributed by atoms with Crippen molar-refractivity contribution in [3.8, 4) is 44.5 Å². The maximum absolute atomic E-state index is 2.35. The topological polar surface area (TPSA) is 3.24 Å². The molecule has 0 heterocycles. The van der Waals surface area contributed by atoms with Gasteiger partial charge in [-0.25, -0.2) is 0 Å². The average molecular weight is 764 g/mol. The highest BCUT2D eigenvalue weighted by Crippen LogP contribution is 2.58. The lowest BCUT2D eigenvalue weighted by Gasteiger charge is -2.34. The largest absolute Gasteiger partial charge is 0.311 e. The Labute approximate surface area is 352 Å². The summed E-state index contributed by atoms with van der Waals surface area (Å²) in [5.41, 5.74) is 18.0. The Morgan fingerprint density at radius 1 is 0.250 bits per heavy atom. The van der Waals surface area contributed by atoms with Crippen LogP contribution >= 0.6 is 0 Å². The summed E-state index contributed by atoms with van der Waals surface area (Å²) in [4.78, 5) is 2.35. The molecule has 0 aliphatic heterocycles. The zero-order valence-electron chi connectivity index (χ0n) is 33.1. The lowest BCUT2D eigenvalue weighted by Crippen LogP contribution is -2.28. The Hall–Kier alpha value is -7.74. The molecule has 11 rings (SSSR count). The number of rotatable bonds is 8. The second-order valence-electron chi connectivity index (χ2n) is 15.6. The molecule has 1 aliphatic rings. The van der Waals surface area contributed by atoms with Crippen molar-refractivity contribution < 1.29 is 0 Å². The third kappa shape index (κ3) is 5.78. The molecule has 0 fully saturated rings. The first kappa shape index (κ1) is 35.4. The maximum atomic E-state index is 2.35. The number of hydrogen-bond donors (Lipinski definition) is 0. The van der Waals surface area contributed by atoms with Gasteiger partial charge in [-0.3, -0.25) is 0 Å². The minimum Gasteiger partial charge on any atom is -0.311 e. The SMILES string of the molecule is c1ccc(-c2ccc(-c3ccc(N(c4ccccc4)c4ccc(-c5cccc6c5-c5ccccc5C6(c5ccccc5)c5ccccc5)cc4)cc3)c3ccccc23)cc1. The lowest BCUT2D eigenvalue weighted by molar-refractivity contribution is 0.768. The molecule has 0 saturated heterocycles. The summed E-state index contributed by atoms with van der Waals surface area (Å²) < 4.78 is 0. The Kier molecular flexibility index (Phi) is 8.79. The van der Waals surface area contributed by atoms with Gasteiger partial charge in [0, 0.05) is 17.1 Å².